The van der Waals surface area contributed by atoms with Crippen molar-refractivity contribution < 1.29 is 4.79 Å². The molecule has 1 saturated carbocycles. The number of anilines is 1. The minimum atomic E-state index is -0.00242. The number of halogens is 1. The molecule has 0 atom stereocenters. The van der Waals surface area contributed by atoms with Gasteiger partial charge in [-0.05, 0) is 31.0 Å². The second-order valence-corrected chi connectivity index (χ2v) is 5.47. The van der Waals surface area contributed by atoms with E-state index >= 15 is 0 Å². The van der Waals surface area contributed by atoms with Crippen molar-refractivity contribution in [3.05, 3.63) is 28.8 Å². The fourth-order valence-corrected chi connectivity index (χ4v) is 2.65. The van der Waals surface area contributed by atoms with E-state index in [9.17, 15) is 4.79 Å². The number of benzene rings is 1. The summed E-state index contributed by atoms with van der Waals surface area (Å²) in [5, 5.41) is 15.2. The van der Waals surface area contributed by atoms with Gasteiger partial charge in [-0.3, -0.25) is 4.79 Å². The maximum atomic E-state index is 11.8. The summed E-state index contributed by atoms with van der Waals surface area (Å²) in [5.74, 6) is -0.00242. The lowest BCUT2D eigenvalue weighted by Gasteiger charge is -2.22. The predicted octanol–water partition coefficient (Wildman–Crippen LogP) is 3.07. The molecule has 1 fully saturated rings. The molecule has 0 radical (unpaired) electrons. The van der Waals surface area contributed by atoms with E-state index in [1.54, 1.807) is 18.2 Å². The van der Waals surface area contributed by atoms with Crippen LogP contribution in [0.25, 0.3) is 0 Å². The van der Waals surface area contributed by atoms with Crippen molar-refractivity contribution in [1.29, 1.82) is 5.26 Å². The van der Waals surface area contributed by atoms with Crippen LogP contribution in [0.5, 0.6) is 0 Å². The molecule has 2 rings (SSSR count). The van der Waals surface area contributed by atoms with Gasteiger partial charge in [0.05, 0.1) is 17.1 Å². The third-order valence-corrected chi connectivity index (χ3v) is 3.83. The molecule has 1 aromatic carbocycles. The molecule has 0 heterocycles. The largest absolute Gasteiger partial charge is 0.376 e. The molecule has 0 spiro atoms. The van der Waals surface area contributed by atoms with Crippen LogP contribution in [-0.2, 0) is 4.79 Å². The van der Waals surface area contributed by atoms with Crippen molar-refractivity contribution in [2.75, 3.05) is 11.9 Å². The summed E-state index contributed by atoms with van der Waals surface area (Å²) in [7, 11) is 0. The molecule has 5 heteroatoms. The molecule has 0 aliphatic heterocycles. The van der Waals surface area contributed by atoms with Crippen molar-refractivity contribution in [2.45, 2.75) is 38.1 Å². The number of hydrogen-bond donors (Lipinski definition) is 2. The standard InChI is InChI=1S/C15H18ClN3O/c16-14-8-13(7-6-11(14)9-17)18-10-15(20)19-12-4-2-1-3-5-12/h6-8,12,18H,1-5,10H2,(H,19,20). The smallest absolute Gasteiger partial charge is 0.239 e. The third kappa shape index (κ3) is 4.14. The predicted molar refractivity (Wildman–Crippen MR) is 79.7 cm³/mol. The fraction of sp³-hybridized carbons (Fsp3) is 0.467. The average Bonchev–Trinajstić information content (AvgIpc) is 2.46. The Morgan fingerprint density at radius 3 is 2.75 bits per heavy atom. The van der Waals surface area contributed by atoms with Crippen LogP contribution in [0.1, 0.15) is 37.7 Å². The summed E-state index contributed by atoms with van der Waals surface area (Å²) in [6.07, 6.45) is 5.82. The minimum absolute atomic E-state index is 0.00242. The molecular weight excluding hydrogens is 274 g/mol. The van der Waals surface area contributed by atoms with Crippen LogP contribution in [-0.4, -0.2) is 18.5 Å². The summed E-state index contributed by atoms with van der Waals surface area (Å²) in [4.78, 5) is 11.8. The number of nitrogens with one attached hydrogen (secondary N) is 2. The molecule has 106 valence electrons. The van der Waals surface area contributed by atoms with E-state index < -0.39 is 0 Å². The number of rotatable bonds is 4. The van der Waals surface area contributed by atoms with E-state index in [2.05, 4.69) is 10.6 Å². The van der Waals surface area contributed by atoms with Crippen LogP contribution in [0.2, 0.25) is 5.02 Å². The van der Waals surface area contributed by atoms with E-state index in [1.807, 2.05) is 6.07 Å². The lowest BCUT2D eigenvalue weighted by molar-refractivity contribution is -0.120. The average molecular weight is 292 g/mol. The molecule has 1 aliphatic carbocycles. The maximum Gasteiger partial charge on any atom is 0.239 e. The topological polar surface area (TPSA) is 64.9 Å². The van der Waals surface area contributed by atoms with Crippen LogP contribution in [0.15, 0.2) is 18.2 Å². The minimum Gasteiger partial charge on any atom is -0.376 e. The van der Waals surface area contributed by atoms with Gasteiger partial charge in [-0.1, -0.05) is 30.9 Å². The number of carbonyl (C=O) groups is 1. The Morgan fingerprint density at radius 1 is 1.35 bits per heavy atom. The zero-order chi connectivity index (χ0) is 14.4. The summed E-state index contributed by atoms with van der Waals surface area (Å²) in [5.41, 5.74) is 1.18. The van der Waals surface area contributed by atoms with Gasteiger partial charge in [0.25, 0.3) is 0 Å². The molecule has 0 aromatic heterocycles. The second kappa shape index (κ2) is 7.16. The molecule has 2 N–H and O–H groups in total. The molecule has 1 aliphatic rings. The Bertz CT molecular complexity index is 518. The Hall–Kier alpha value is -1.73. The van der Waals surface area contributed by atoms with Gasteiger partial charge in [0.1, 0.15) is 6.07 Å². The fourth-order valence-electron chi connectivity index (χ4n) is 2.42. The van der Waals surface area contributed by atoms with Crippen molar-refractivity contribution in [2.24, 2.45) is 0 Å². The van der Waals surface area contributed by atoms with Crippen LogP contribution in [0, 0.1) is 11.3 Å². The van der Waals surface area contributed by atoms with E-state index in [0.717, 1.165) is 18.5 Å². The van der Waals surface area contributed by atoms with Crippen molar-refractivity contribution in [3.63, 3.8) is 0 Å². The number of nitrogens with zero attached hydrogens (tertiary/aromatic N) is 1. The van der Waals surface area contributed by atoms with Crippen molar-refractivity contribution in [1.82, 2.24) is 5.32 Å². The lowest BCUT2D eigenvalue weighted by atomic mass is 9.95. The van der Waals surface area contributed by atoms with Gasteiger partial charge < -0.3 is 10.6 Å². The molecule has 1 aromatic rings. The highest BCUT2D eigenvalue weighted by Crippen LogP contribution is 2.20. The highest BCUT2D eigenvalue weighted by atomic mass is 35.5. The second-order valence-electron chi connectivity index (χ2n) is 5.06. The quantitative estimate of drug-likeness (QED) is 0.896. The van der Waals surface area contributed by atoms with Gasteiger partial charge in [-0.25, -0.2) is 0 Å². The SMILES string of the molecule is N#Cc1ccc(NCC(=O)NC2CCCCC2)cc1Cl. The van der Waals surface area contributed by atoms with Crippen molar-refractivity contribution in [3.8, 4) is 6.07 Å². The maximum absolute atomic E-state index is 11.8. The Labute approximate surface area is 124 Å². The van der Waals surface area contributed by atoms with E-state index in [4.69, 9.17) is 16.9 Å². The summed E-state index contributed by atoms with van der Waals surface area (Å²) in [6.45, 7) is 0.221. The first kappa shape index (κ1) is 14.7. The van der Waals surface area contributed by atoms with Gasteiger partial charge in [-0.15, -0.1) is 0 Å². The van der Waals surface area contributed by atoms with Gasteiger partial charge >= 0.3 is 0 Å². The van der Waals surface area contributed by atoms with E-state index in [-0.39, 0.29) is 12.5 Å². The lowest BCUT2D eigenvalue weighted by Crippen LogP contribution is -2.39. The Balaban J connectivity index is 1.81. The summed E-state index contributed by atoms with van der Waals surface area (Å²) < 4.78 is 0. The first-order valence-corrected chi connectivity index (χ1v) is 7.29. The van der Waals surface area contributed by atoms with E-state index in [1.165, 1.54) is 19.3 Å². The van der Waals surface area contributed by atoms with Crippen LogP contribution in [0.3, 0.4) is 0 Å². The molecule has 1 amide bonds. The highest BCUT2D eigenvalue weighted by Gasteiger charge is 2.15. The first-order valence-electron chi connectivity index (χ1n) is 6.92. The number of amides is 1. The van der Waals surface area contributed by atoms with Crippen LogP contribution >= 0.6 is 11.6 Å². The van der Waals surface area contributed by atoms with Gasteiger partial charge in [0.2, 0.25) is 5.91 Å². The highest BCUT2D eigenvalue weighted by molar-refractivity contribution is 6.32. The zero-order valence-electron chi connectivity index (χ0n) is 11.3. The van der Waals surface area contributed by atoms with E-state index in [0.29, 0.717) is 16.6 Å². The Morgan fingerprint density at radius 2 is 2.10 bits per heavy atom. The summed E-state index contributed by atoms with van der Waals surface area (Å²) >= 11 is 5.94. The molecular formula is C15H18ClN3O. The Kier molecular flexibility index (Phi) is 5.25. The monoisotopic (exact) mass is 291 g/mol. The first-order chi connectivity index (χ1) is 9.69. The van der Waals surface area contributed by atoms with Crippen LogP contribution in [0.4, 0.5) is 5.69 Å². The number of nitriles is 1. The summed E-state index contributed by atoms with van der Waals surface area (Å²) in [6, 6.07) is 7.38. The molecule has 0 unspecified atom stereocenters. The van der Waals surface area contributed by atoms with Gasteiger partial charge in [0, 0.05) is 11.7 Å². The van der Waals surface area contributed by atoms with Gasteiger partial charge in [0.15, 0.2) is 0 Å². The number of carbonyl (C=O) groups excluding carboxylic acids is 1. The molecule has 20 heavy (non-hydrogen) atoms. The molecule has 4 nitrogen and oxygen atoms in total. The van der Waals surface area contributed by atoms with Crippen LogP contribution < -0.4 is 10.6 Å². The van der Waals surface area contributed by atoms with Gasteiger partial charge in [-0.2, -0.15) is 5.26 Å². The molecule has 0 saturated heterocycles. The molecule has 0 bridgehead atoms. The zero-order valence-corrected chi connectivity index (χ0v) is 12.0. The normalized spacial score (nSPS) is 15.4. The number of hydrogen-bond acceptors (Lipinski definition) is 3. The third-order valence-electron chi connectivity index (χ3n) is 3.51. The van der Waals surface area contributed by atoms with Crippen molar-refractivity contribution >= 4 is 23.2 Å².